The van der Waals surface area contributed by atoms with Crippen LogP contribution in [0.15, 0.2) is 18.2 Å². The molecule has 3 nitrogen and oxygen atoms in total. The number of Topliss-reactive ketones (excluding diaryl/α,β-unsaturated/α-hetero) is 1. The molecule has 6 heteroatoms. The van der Waals surface area contributed by atoms with Gasteiger partial charge in [0.15, 0.2) is 5.78 Å². The Balaban J connectivity index is 3.34. The van der Waals surface area contributed by atoms with E-state index in [9.17, 15) is 4.79 Å². The summed E-state index contributed by atoms with van der Waals surface area (Å²) in [6, 6.07) is 5.51. The summed E-state index contributed by atoms with van der Waals surface area (Å²) in [5, 5.41) is 0.139. The van der Waals surface area contributed by atoms with Crippen LogP contribution in [-0.4, -0.2) is 28.3 Å². The highest BCUT2D eigenvalue weighted by atomic mass is 35.5. The zero-order valence-electron chi connectivity index (χ0n) is 18.0. The maximum atomic E-state index is 12.2. The molecule has 0 spiro atoms. The fourth-order valence-corrected chi connectivity index (χ4v) is 4.00. The highest BCUT2D eigenvalue weighted by Gasteiger charge is 2.40. The second-order valence-corrected chi connectivity index (χ2v) is 19.7. The fraction of sp³-hybridized carbons (Fsp3) is 0.650. The number of alkyl halides is 1. The Morgan fingerprint density at radius 3 is 1.46 bits per heavy atom. The Morgan fingerprint density at radius 2 is 1.19 bits per heavy atom. The molecule has 0 aliphatic carbocycles. The van der Waals surface area contributed by atoms with Gasteiger partial charge < -0.3 is 8.85 Å². The van der Waals surface area contributed by atoms with Gasteiger partial charge in [0, 0.05) is 11.6 Å². The SMILES string of the molecule is CC(C)(C)[Si](C)(C)Oc1cc(O[Si](C)(C)C(C)(C)C)cc(C(=O)CCl)c1. The largest absolute Gasteiger partial charge is 0.543 e. The lowest BCUT2D eigenvalue weighted by atomic mass is 10.1. The zero-order valence-corrected chi connectivity index (χ0v) is 20.8. The maximum Gasteiger partial charge on any atom is 0.250 e. The Hall–Kier alpha value is -0.786. The van der Waals surface area contributed by atoms with Crippen LogP contribution in [0, 0.1) is 0 Å². The van der Waals surface area contributed by atoms with Crippen molar-refractivity contribution in [2.45, 2.75) is 77.8 Å². The van der Waals surface area contributed by atoms with Crippen LogP contribution in [0.2, 0.25) is 36.3 Å². The summed E-state index contributed by atoms with van der Waals surface area (Å²) in [6.07, 6.45) is 0. The van der Waals surface area contributed by atoms with Crippen molar-refractivity contribution < 1.29 is 13.6 Å². The topological polar surface area (TPSA) is 35.5 Å². The number of benzene rings is 1. The Morgan fingerprint density at radius 1 is 0.846 bits per heavy atom. The lowest BCUT2D eigenvalue weighted by Crippen LogP contribution is -2.44. The van der Waals surface area contributed by atoms with Gasteiger partial charge in [0.1, 0.15) is 11.5 Å². The first-order valence-corrected chi connectivity index (χ1v) is 15.5. The normalized spacial score (nSPS) is 13.5. The van der Waals surface area contributed by atoms with E-state index < -0.39 is 16.6 Å². The Bertz CT molecular complexity index is 610. The van der Waals surface area contributed by atoms with Crippen molar-refractivity contribution in [1.29, 1.82) is 0 Å². The van der Waals surface area contributed by atoms with Crippen LogP contribution < -0.4 is 8.85 Å². The minimum Gasteiger partial charge on any atom is -0.543 e. The average Bonchev–Trinajstić information content (AvgIpc) is 2.42. The first kappa shape index (κ1) is 23.3. The van der Waals surface area contributed by atoms with Gasteiger partial charge >= 0.3 is 0 Å². The van der Waals surface area contributed by atoms with Crippen LogP contribution >= 0.6 is 11.6 Å². The number of halogens is 1. The van der Waals surface area contributed by atoms with Crippen molar-refractivity contribution in [2.75, 3.05) is 5.88 Å². The van der Waals surface area contributed by atoms with E-state index in [0.717, 1.165) is 0 Å². The quantitative estimate of drug-likeness (QED) is 0.289. The van der Waals surface area contributed by atoms with Crippen molar-refractivity contribution in [2.24, 2.45) is 0 Å². The summed E-state index contributed by atoms with van der Waals surface area (Å²) in [7, 11) is -4.04. The van der Waals surface area contributed by atoms with Crippen LogP contribution in [0.25, 0.3) is 0 Å². The van der Waals surface area contributed by atoms with E-state index in [-0.39, 0.29) is 21.7 Å². The molecule has 1 rings (SSSR count). The van der Waals surface area contributed by atoms with Crippen molar-refractivity contribution in [3.05, 3.63) is 23.8 Å². The van der Waals surface area contributed by atoms with Crippen LogP contribution in [-0.2, 0) is 0 Å². The van der Waals surface area contributed by atoms with E-state index in [1.807, 2.05) is 6.07 Å². The van der Waals surface area contributed by atoms with E-state index in [0.29, 0.717) is 17.1 Å². The predicted molar refractivity (Wildman–Crippen MR) is 117 cm³/mol. The summed E-state index contributed by atoms with van der Waals surface area (Å²) in [5.74, 6) is 1.22. The van der Waals surface area contributed by atoms with Gasteiger partial charge in [-0.05, 0) is 48.4 Å². The molecule has 0 atom stereocenters. The number of rotatable bonds is 6. The molecule has 0 bridgehead atoms. The molecule has 0 heterocycles. The van der Waals surface area contributed by atoms with E-state index in [2.05, 4.69) is 67.7 Å². The molecule has 0 unspecified atom stereocenters. The molecule has 0 aliphatic heterocycles. The van der Waals surface area contributed by atoms with Crippen LogP contribution in [0.5, 0.6) is 11.5 Å². The van der Waals surface area contributed by atoms with Gasteiger partial charge in [-0.1, -0.05) is 41.5 Å². The van der Waals surface area contributed by atoms with Gasteiger partial charge in [0.2, 0.25) is 16.6 Å². The third-order valence-corrected chi connectivity index (χ3v) is 14.6. The summed E-state index contributed by atoms with van der Waals surface area (Å²) in [4.78, 5) is 12.2. The minimum absolute atomic E-state index is 0.0525. The number of carbonyl (C=O) groups excluding carboxylic acids is 1. The minimum atomic E-state index is -2.02. The first-order chi connectivity index (χ1) is 11.5. The summed E-state index contributed by atoms with van der Waals surface area (Å²) in [5.41, 5.74) is 0.546. The molecule has 0 radical (unpaired) electrons. The molecule has 148 valence electrons. The first-order valence-electron chi connectivity index (χ1n) is 9.12. The fourth-order valence-electron chi connectivity index (χ4n) is 1.82. The molecular weight excluding hydrogens is 380 g/mol. The monoisotopic (exact) mass is 414 g/mol. The average molecular weight is 415 g/mol. The van der Waals surface area contributed by atoms with Crippen molar-refractivity contribution >= 4 is 34.0 Å². The van der Waals surface area contributed by atoms with Crippen molar-refractivity contribution in [3.63, 3.8) is 0 Å². The Labute approximate surface area is 166 Å². The smallest absolute Gasteiger partial charge is 0.250 e. The molecular formula is C20H35ClO3Si2. The maximum absolute atomic E-state index is 12.2. The third-order valence-electron chi connectivity index (χ3n) is 5.68. The summed E-state index contributed by atoms with van der Waals surface area (Å²) >= 11 is 5.79. The number of hydrogen-bond acceptors (Lipinski definition) is 3. The lowest BCUT2D eigenvalue weighted by molar-refractivity contribution is 0.102. The van der Waals surface area contributed by atoms with Gasteiger partial charge in [0.25, 0.3) is 0 Å². The second kappa shape index (κ2) is 7.68. The Kier molecular flexibility index (Phi) is 6.87. The predicted octanol–water partition coefficient (Wildman–Crippen LogP) is 6.88. The zero-order chi connectivity index (χ0) is 20.6. The van der Waals surface area contributed by atoms with Gasteiger partial charge in [-0.15, -0.1) is 11.6 Å². The van der Waals surface area contributed by atoms with Gasteiger partial charge in [0.05, 0.1) is 5.88 Å². The molecule has 0 saturated heterocycles. The van der Waals surface area contributed by atoms with Crippen molar-refractivity contribution in [3.8, 4) is 11.5 Å². The molecule has 0 aromatic heterocycles. The third kappa shape index (κ3) is 5.60. The van der Waals surface area contributed by atoms with E-state index in [1.165, 1.54) is 0 Å². The number of hydrogen-bond donors (Lipinski definition) is 0. The van der Waals surface area contributed by atoms with Gasteiger partial charge in [-0.25, -0.2) is 0 Å². The standard InChI is InChI=1S/C20H35ClO3Si2/c1-19(2,3)25(7,8)23-16-11-15(18(22)14-21)12-17(13-16)24-26(9,10)20(4,5)6/h11-13H,14H2,1-10H3. The van der Waals surface area contributed by atoms with Crippen LogP contribution in [0.4, 0.5) is 0 Å². The molecule has 0 fully saturated rings. The lowest BCUT2D eigenvalue weighted by Gasteiger charge is -2.38. The van der Waals surface area contributed by atoms with Gasteiger partial charge in [-0.2, -0.15) is 0 Å². The van der Waals surface area contributed by atoms with Crippen LogP contribution in [0.1, 0.15) is 51.9 Å². The van der Waals surface area contributed by atoms with E-state index in [1.54, 1.807) is 12.1 Å². The van der Waals surface area contributed by atoms with E-state index in [4.69, 9.17) is 20.5 Å². The molecule has 0 amide bonds. The number of carbonyl (C=O) groups is 1. The molecule has 1 aromatic carbocycles. The highest BCUT2D eigenvalue weighted by molar-refractivity contribution is 6.75. The molecule has 0 aliphatic rings. The van der Waals surface area contributed by atoms with E-state index >= 15 is 0 Å². The second-order valence-electron chi connectivity index (χ2n) is 9.97. The molecule has 1 aromatic rings. The molecule has 0 saturated carbocycles. The van der Waals surface area contributed by atoms with Crippen molar-refractivity contribution in [1.82, 2.24) is 0 Å². The summed E-state index contributed by atoms with van der Waals surface area (Å²) in [6.45, 7) is 21.9. The molecule has 26 heavy (non-hydrogen) atoms. The summed E-state index contributed by atoms with van der Waals surface area (Å²) < 4.78 is 12.8. The van der Waals surface area contributed by atoms with Gasteiger partial charge in [-0.3, -0.25) is 4.79 Å². The number of ketones is 1. The van der Waals surface area contributed by atoms with Crippen LogP contribution in [0.3, 0.4) is 0 Å². The molecule has 0 N–H and O–H groups in total. The highest BCUT2D eigenvalue weighted by Crippen LogP contribution is 2.40.